The van der Waals surface area contributed by atoms with Gasteiger partial charge in [-0.2, -0.15) is 11.3 Å². The molecule has 0 saturated heterocycles. The van der Waals surface area contributed by atoms with E-state index in [2.05, 4.69) is 26.2 Å². The molecule has 5 heteroatoms. The van der Waals surface area contributed by atoms with Crippen molar-refractivity contribution < 1.29 is 5.11 Å². The Morgan fingerprint density at radius 1 is 1.33 bits per heavy atom. The number of aliphatic hydroxyl groups is 1. The van der Waals surface area contributed by atoms with Crippen LogP contribution in [-0.4, -0.2) is 16.6 Å². The molecule has 0 saturated carbocycles. The summed E-state index contributed by atoms with van der Waals surface area (Å²) in [7, 11) is 0. The van der Waals surface area contributed by atoms with Gasteiger partial charge in [0, 0.05) is 28.3 Å². The minimum absolute atomic E-state index is 0.440. The number of pyridine rings is 1. The number of nitrogens with one attached hydrogen (secondary N) is 1. The Bertz CT molecular complexity index is 756. The number of fused-ring (bicyclic) bond motifs is 1. The van der Waals surface area contributed by atoms with Gasteiger partial charge in [0.05, 0.1) is 5.52 Å². The molecular formula is C16H15BrN2OS. The highest BCUT2D eigenvalue weighted by molar-refractivity contribution is 9.10. The molecule has 0 aliphatic carbocycles. The minimum atomic E-state index is -0.901. The molecule has 0 bridgehead atoms. The summed E-state index contributed by atoms with van der Waals surface area (Å²) in [6.45, 7) is 2.26. The monoisotopic (exact) mass is 362 g/mol. The summed E-state index contributed by atoms with van der Waals surface area (Å²) in [5.41, 5.74) is 1.93. The first-order valence-electron chi connectivity index (χ1n) is 6.59. The molecule has 108 valence electrons. The second-order valence-corrected chi connectivity index (χ2v) is 6.86. The smallest absolute Gasteiger partial charge is 0.105 e. The van der Waals surface area contributed by atoms with Gasteiger partial charge in [-0.1, -0.05) is 15.9 Å². The molecule has 0 amide bonds. The lowest BCUT2D eigenvalue weighted by Crippen LogP contribution is -2.30. The molecule has 3 rings (SSSR count). The van der Waals surface area contributed by atoms with Gasteiger partial charge in [0.25, 0.3) is 0 Å². The predicted octanol–water partition coefficient (Wildman–Crippen LogP) is 4.38. The van der Waals surface area contributed by atoms with Gasteiger partial charge in [-0.25, -0.2) is 0 Å². The van der Waals surface area contributed by atoms with Gasteiger partial charge in [-0.15, -0.1) is 0 Å². The summed E-state index contributed by atoms with van der Waals surface area (Å²) in [6.07, 6.45) is 1.78. The highest BCUT2D eigenvalue weighted by Crippen LogP contribution is 2.28. The Hall–Kier alpha value is -1.43. The maximum absolute atomic E-state index is 10.6. The van der Waals surface area contributed by atoms with Crippen LogP contribution < -0.4 is 5.32 Å². The van der Waals surface area contributed by atoms with Crippen molar-refractivity contribution in [2.75, 3.05) is 11.9 Å². The zero-order valence-corrected chi connectivity index (χ0v) is 13.9. The van der Waals surface area contributed by atoms with Crippen LogP contribution in [-0.2, 0) is 5.60 Å². The van der Waals surface area contributed by atoms with Crippen molar-refractivity contribution >= 4 is 43.9 Å². The van der Waals surface area contributed by atoms with Gasteiger partial charge in [-0.3, -0.25) is 4.98 Å². The average Bonchev–Trinajstić information content (AvgIpc) is 3.00. The Balaban J connectivity index is 1.87. The molecule has 1 atom stereocenters. The Kier molecular flexibility index (Phi) is 3.97. The molecule has 0 radical (unpaired) electrons. The molecular weight excluding hydrogens is 348 g/mol. The number of thiophene rings is 1. The average molecular weight is 363 g/mol. The molecule has 1 unspecified atom stereocenters. The minimum Gasteiger partial charge on any atom is -0.384 e. The third-order valence-corrected chi connectivity index (χ3v) is 4.65. The predicted molar refractivity (Wildman–Crippen MR) is 91.8 cm³/mol. The number of benzene rings is 1. The van der Waals surface area contributed by atoms with E-state index < -0.39 is 5.60 Å². The van der Waals surface area contributed by atoms with Gasteiger partial charge in [-0.05, 0) is 53.6 Å². The quantitative estimate of drug-likeness (QED) is 0.723. The number of rotatable bonds is 4. The summed E-state index contributed by atoms with van der Waals surface area (Å²) in [5.74, 6) is 0. The van der Waals surface area contributed by atoms with E-state index in [1.165, 1.54) is 0 Å². The number of aromatic nitrogens is 1. The summed E-state index contributed by atoms with van der Waals surface area (Å²) in [4.78, 5) is 4.36. The highest BCUT2D eigenvalue weighted by Gasteiger charge is 2.23. The van der Waals surface area contributed by atoms with Gasteiger partial charge in [0.15, 0.2) is 0 Å². The van der Waals surface area contributed by atoms with Gasteiger partial charge in [0.1, 0.15) is 5.60 Å². The van der Waals surface area contributed by atoms with Crippen molar-refractivity contribution in [1.82, 2.24) is 4.98 Å². The van der Waals surface area contributed by atoms with Crippen LogP contribution in [0.4, 0.5) is 5.69 Å². The first-order chi connectivity index (χ1) is 10.1. The number of hydrogen-bond acceptors (Lipinski definition) is 4. The summed E-state index contributed by atoms with van der Waals surface area (Å²) >= 11 is 5.07. The van der Waals surface area contributed by atoms with Gasteiger partial charge < -0.3 is 10.4 Å². The van der Waals surface area contributed by atoms with Crippen LogP contribution in [0.2, 0.25) is 0 Å². The lowest BCUT2D eigenvalue weighted by molar-refractivity contribution is 0.0720. The van der Waals surface area contributed by atoms with Gasteiger partial charge >= 0.3 is 0 Å². The van der Waals surface area contributed by atoms with Crippen LogP contribution in [0.25, 0.3) is 10.9 Å². The van der Waals surface area contributed by atoms with Crippen LogP contribution >= 0.6 is 27.3 Å². The molecule has 0 spiro atoms. The standard InChI is InChI=1S/C16H15BrN2OS/c1-16(20,11-5-7-21-9-11)10-19-15-4-6-18-14-3-2-12(17)8-13(14)15/h2-9,20H,10H2,1H3,(H,18,19). The molecule has 2 heterocycles. The van der Waals surface area contributed by atoms with E-state index in [-0.39, 0.29) is 0 Å². The SMILES string of the molecule is CC(O)(CNc1ccnc2ccc(Br)cc12)c1ccsc1. The Labute approximate surface area is 135 Å². The Morgan fingerprint density at radius 3 is 2.95 bits per heavy atom. The fourth-order valence-electron chi connectivity index (χ4n) is 2.21. The summed E-state index contributed by atoms with van der Waals surface area (Å²) < 4.78 is 1.01. The van der Waals surface area contributed by atoms with E-state index in [9.17, 15) is 5.11 Å². The van der Waals surface area contributed by atoms with E-state index in [1.807, 2.05) is 48.0 Å². The topological polar surface area (TPSA) is 45.1 Å². The normalized spacial score (nSPS) is 14.0. The number of nitrogens with zero attached hydrogens (tertiary/aromatic N) is 1. The summed E-state index contributed by atoms with van der Waals surface area (Å²) in [5, 5.41) is 18.9. The molecule has 3 aromatic rings. The van der Waals surface area contributed by atoms with Crippen LogP contribution in [0, 0.1) is 0 Å². The van der Waals surface area contributed by atoms with E-state index in [1.54, 1.807) is 17.5 Å². The second-order valence-electron chi connectivity index (χ2n) is 5.16. The molecule has 2 aromatic heterocycles. The van der Waals surface area contributed by atoms with E-state index >= 15 is 0 Å². The van der Waals surface area contributed by atoms with Crippen molar-refractivity contribution in [2.45, 2.75) is 12.5 Å². The maximum Gasteiger partial charge on any atom is 0.105 e. The largest absolute Gasteiger partial charge is 0.384 e. The maximum atomic E-state index is 10.6. The van der Waals surface area contributed by atoms with E-state index in [4.69, 9.17) is 0 Å². The summed E-state index contributed by atoms with van der Waals surface area (Å²) in [6, 6.07) is 9.86. The number of halogens is 1. The molecule has 0 aliphatic rings. The van der Waals surface area contributed by atoms with Crippen molar-refractivity contribution in [3.8, 4) is 0 Å². The zero-order chi connectivity index (χ0) is 14.9. The van der Waals surface area contributed by atoms with Crippen LogP contribution in [0.15, 0.2) is 51.8 Å². The second kappa shape index (κ2) is 5.75. The number of hydrogen-bond donors (Lipinski definition) is 2. The van der Waals surface area contributed by atoms with Crippen molar-refractivity contribution in [2.24, 2.45) is 0 Å². The first kappa shape index (κ1) is 14.5. The van der Waals surface area contributed by atoms with Crippen molar-refractivity contribution in [3.05, 3.63) is 57.3 Å². The third kappa shape index (κ3) is 3.10. The fourth-order valence-corrected chi connectivity index (χ4v) is 3.36. The van der Waals surface area contributed by atoms with Crippen LogP contribution in [0.5, 0.6) is 0 Å². The molecule has 1 aromatic carbocycles. The zero-order valence-electron chi connectivity index (χ0n) is 11.5. The molecule has 3 nitrogen and oxygen atoms in total. The van der Waals surface area contributed by atoms with Gasteiger partial charge in [0.2, 0.25) is 0 Å². The van der Waals surface area contributed by atoms with E-state index in [0.29, 0.717) is 6.54 Å². The van der Waals surface area contributed by atoms with Crippen molar-refractivity contribution in [3.63, 3.8) is 0 Å². The van der Waals surface area contributed by atoms with Crippen LogP contribution in [0.3, 0.4) is 0 Å². The van der Waals surface area contributed by atoms with E-state index in [0.717, 1.165) is 26.6 Å². The third-order valence-electron chi connectivity index (χ3n) is 3.47. The first-order valence-corrected chi connectivity index (χ1v) is 8.33. The molecule has 21 heavy (non-hydrogen) atoms. The lowest BCUT2D eigenvalue weighted by Gasteiger charge is -2.24. The Morgan fingerprint density at radius 2 is 2.19 bits per heavy atom. The molecule has 2 N–H and O–H groups in total. The molecule has 0 fully saturated rings. The van der Waals surface area contributed by atoms with Crippen LogP contribution in [0.1, 0.15) is 12.5 Å². The fraction of sp³-hybridized carbons (Fsp3) is 0.188. The van der Waals surface area contributed by atoms with Crippen molar-refractivity contribution in [1.29, 1.82) is 0 Å². The molecule has 0 aliphatic heterocycles. The lowest BCUT2D eigenvalue weighted by atomic mass is 9.99. The highest BCUT2D eigenvalue weighted by atomic mass is 79.9. The number of anilines is 1.